The van der Waals surface area contributed by atoms with Crippen LogP contribution in [0.1, 0.15) is 10.5 Å². The molecule has 122 valence electrons. The van der Waals surface area contributed by atoms with E-state index >= 15 is 0 Å². The van der Waals surface area contributed by atoms with Crippen molar-refractivity contribution in [3.05, 3.63) is 47.9 Å². The fourth-order valence-corrected chi connectivity index (χ4v) is 1.72. The van der Waals surface area contributed by atoms with Crippen LogP contribution in [0.5, 0.6) is 0 Å². The van der Waals surface area contributed by atoms with E-state index in [1.807, 2.05) is 19.0 Å². The lowest BCUT2D eigenvalue weighted by Crippen LogP contribution is -2.21. The highest BCUT2D eigenvalue weighted by Gasteiger charge is 2.11. The van der Waals surface area contributed by atoms with Crippen LogP contribution in [-0.2, 0) is 0 Å². The highest BCUT2D eigenvalue weighted by atomic mass is 19.1. The summed E-state index contributed by atoms with van der Waals surface area (Å²) in [6.45, 7) is 1.52. The molecule has 0 aliphatic carbocycles. The summed E-state index contributed by atoms with van der Waals surface area (Å²) >= 11 is 0. The zero-order valence-electron chi connectivity index (χ0n) is 12.8. The Bertz CT molecular complexity index is 676. The summed E-state index contributed by atoms with van der Waals surface area (Å²) in [5, 5.41) is 5.38. The summed E-state index contributed by atoms with van der Waals surface area (Å²) in [4.78, 5) is 22.0. The zero-order valence-corrected chi connectivity index (χ0v) is 12.8. The van der Waals surface area contributed by atoms with Crippen molar-refractivity contribution in [3.8, 4) is 0 Å². The van der Waals surface area contributed by atoms with Crippen molar-refractivity contribution in [2.45, 2.75) is 0 Å². The summed E-state index contributed by atoms with van der Waals surface area (Å²) in [5.74, 6) is -1.65. The molecule has 2 aromatic rings. The average Bonchev–Trinajstić information content (AvgIpc) is 2.50. The van der Waals surface area contributed by atoms with Gasteiger partial charge in [0.15, 0.2) is 0 Å². The van der Waals surface area contributed by atoms with Gasteiger partial charge < -0.3 is 15.5 Å². The molecule has 0 fully saturated rings. The molecule has 0 saturated carbocycles. The average molecular weight is 321 g/mol. The van der Waals surface area contributed by atoms with Crippen LogP contribution in [0, 0.1) is 11.6 Å². The van der Waals surface area contributed by atoms with Crippen molar-refractivity contribution in [2.24, 2.45) is 0 Å². The van der Waals surface area contributed by atoms with Crippen LogP contribution in [0.25, 0.3) is 0 Å². The van der Waals surface area contributed by atoms with Crippen LogP contribution in [0.4, 0.5) is 20.3 Å². The fraction of sp³-hybridized carbons (Fsp3) is 0.267. The first-order chi connectivity index (χ1) is 11.0. The third-order valence-corrected chi connectivity index (χ3v) is 2.93. The number of rotatable bonds is 6. The van der Waals surface area contributed by atoms with Crippen LogP contribution in [-0.4, -0.2) is 48.0 Å². The van der Waals surface area contributed by atoms with Gasteiger partial charge >= 0.3 is 0 Å². The Balaban J connectivity index is 1.97. The molecular formula is C15H17F2N5O. The molecule has 1 aromatic carbocycles. The second-order valence-electron chi connectivity index (χ2n) is 5.10. The van der Waals surface area contributed by atoms with Crippen LogP contribution < -0.4 is 10.6 Å². The smallest absolute Gasteiger partial charge is 0.275 e. The zero-order chi connectivity index (χ0) is 16.8. The highest BCUT2D eigenvalue weighted by Crippen LogP contribution is 2.15. The SMILES string of the molecule is CN(C)CCNc1cnc(C(=O)Nc2ccc(F)cc2F)cn1. The van der Waals surface area contributed by atoms with Gasteiger partial charge in [-0.1, -0.05) is 0 Å². The minimum atomic E-state index is -0.853. The van der Waals surface area contributed by atoms with E-state index in [-0.39, 0.29) is 11.4 Å². The summed E-state index contributed by atoms with van der Waals surface area (Å²) in [6, 6.07) is 2.90. The number of carbonyl (C=O) groups excluding carboxylic acids is 1. The summed E-state index contributed by atoms with van der Waals surface area (Å²) in [7, 11) is 3.91. The van der Waals surface area contributed by atoms with Gasteiger partial charge in [-0.15, -0.1) is 0 Å². The number of nitrogens with zero attached hydrogens (tertiary/aromatic N) is 3. The first-order valence-corrected chi connectivity index (χ1v) is 6.93. The van der Waals surface area contributed by atoms with E-state index in [1.54, 1.807) is 0 Å². The van der Waals surface area contributed by atoms with E-state index in [0.29, 0.717) is 18.4 Å². The molecule has 0 aliphatic heterocycles. The molecule has 0 unspecified atom stereocenters. The second-order valence-corrected chi connectivity index (χ2v) is 5.10. The molecule has 2 rings (SSSR count). The third-order valence-electron chi connectivity index (χ3n) is 2.93. The van der Waals surface area contributed by atoms with E-state index in [9.17, 15) is 13.6 Å². The van der Waals surface area contributed by atoms with Crippen LogP contribution in [0.2, 0.25) is 0 Å². The lowest BCUT2D eigenvalue weighted by atomic mass is 10.3. The predicted molar refractivity (Wildman–Crippen MR) is 83.4 cm³/mol. The Labute approximate surface area is 132 Å². The molecule has 0 saturated heterocycles. The Morgan fingerprint density at radius 1 is 1.22 bits per heavy atom. The Morgan fingerprint density at radius 2 is 2.00 bits per heavy atom. The minimum Gasteiger partial charge on any atom is -0.368 e. The van der Waals surface area contributed by atoms with E-state index in [1.165, 1.54) is 12.4 Å². The quantitative estimate of drug-likeness (QED) is 0.851. The Morgan fingerprint density at radius 3 is 2.61 bits per heavy atom. The standard InChI is InChI=1S/C15H17F2N5O/c1-22(2)6-5-18-14-9-19-13(8-20-14)15(23)21-12-4-3-10(16)7-11(12)17/h3-4,7-9H,5-6H2,1-2H3,(H,18,20)(H,21,23). The van der Waals surface area contributed by atoms with Crippen LogP contribution in [0.15, 0.2) is 30.6 Å². The summed E-state index contributed by atoms with van der Waals surface area (Å²) < 4.78 is 26.3. The monoisotopic (exact) mass is 321 g/mol. The Kier molecular flexibility index (Phi) is 5.53. The number of benzene rings is 1. The molecule has 0 bridgehead atoms. The van der Waals surface area contributed by atoms with Gasteiger partial charge in [0.05, 0.1) is 18.1 Å². The summed E-state index contributed by atoms with van der Waals surface area (Å²) in [6.07, 6.45) is 2.71. The van der Waals surface area contributed by atoms with Crippen molar-refractivity contribution in [2.75, 3.05) is 37.8 Å². The number of aromatic nitrogens is 2. The molecule has 6 nitrogen and oxygen atoms in total. The molecule has 1 aromatic heterocycles. The number of anilines is 2. The largest absolute Gasteiger partial charge is 0.368 e. The van der Waals surface area contributed by atoms with Gasteiger partial charge in [0, 0.05) is 19.2 Å². The molecule has 1 amide bonds. The second kappa shape index (κ2) is 7.59. The molecule has 0 aliphatic rings. The van der Waals surface area contributed by atoms with Crippen molar-refractivity contribution in [1.82, 2.24) is 14.9 Å². The normalized spacial score (nSPS) is 10.7. The molecule has 0 atom stereocenters. The maximum absolute atomic E-state index is 13.5. The highest BCUT2D eigenvalue weighted by molar-refractivity contribution is 6.02. The molecule has 0 spiro atoms. The van der Waals surface area contributed by atoms with Gasteiger partial charge in [0.25, 0.3) is 5.91 Å². The topological polar surface area (TPSA) is 70.2 Å². The van der Waals surface area contributed by atoms with Crippen molar-refractivity contribution < 1.29 is 13.6 Å². The first-order valence-electron chi connectivity index (χ1n) is 6.93. The van der Waals surface area contributed by atoms with Gasteiger partial charge in [0.2, 0.25) is 0 Å². The molecule has 2 N–H and O–H groups in total. The van der Waals surface area contributed by atoms with Gasteiger partial charge in [-0.05, 0) is 26.2 Å². The van der Waals surface area contributed by atoms with Gasteiger partial charge in [-0.3, -0.25) is 4.79 Å². The minimum absolute atomic E-state index is 0.0342. The van der Waals surface area contributed by atoms with E-state index in [4.69, 9.17) is 0 Å². The Hall–Kier alpha value is -2.61. The molecule has 23 heavy (non-hydrogen) atoms. The summed E-state index contributed by atoms with van der Waals surface area (Å²) in [5.41, 5.74) is -0.0849. The number of halogens is 2. The van der Waals surface area contributed by atoms with Gasteiger partial charge in [-0.2, -0.15) is 0 Å². The molecule has 1 heterocycles. The fourth-order valence-electron chi connectivity index (χ4n) is 1.72. The predicted octanol–water partition coefficient (Wildman–Crippen LogP) is 1.98. The molecule has 0 radical (unpaired) electrons. The van der Waals surface area contributed by atoms with E-state index in [0.717, 1.165) is 18.7 Å². The maximum Gasteiger partial charge on any atom is 0.275 e. The van der Waals surface area contributed by atoms with E-state index in [2.05, 4.69) is 20.6 Å². The molecule has 8 heteroatoms. The van der Waals surface area contributed by atoms with Crippen LogP contribution >= 0.6 is 0 Å². The van der Waals surface area contributed by atoms with Gasteiger partial charge in [-0.25, -0.2) is 18.7 Å². The maximum atomic E-state index is 13.5. The van der Waals surface area contributed by atoms with Crippen molar-refractivity contribution in [3.63, 3.8) is 0 Å². The number of amides is 1. The van der Waals surface area contributed by atoms with Crippen molar-refractivity contribution >= 4 is 17.4 Å². The molecular weight excluding hydrogens is 304 g/mol. The van der Waals surface area contributed by atoms with Crippen molar-refractivity contribution in [1.29, 1.82) is 0 Å². The first kappa shape index (κ1) is 16.8. The number of hydrogen-bond acceptors (Lipinski definition) is 5. The lowest BCUT2D eigenvalue weighted by Gasteiger charge is -2.10. The number of likely N-dealkylation sites (N-methyl/N-ethyl adjacent to an activating group) is 1. The van der Waals surface area contributed by atoms with E-state index < -0.39 is 17.5 Å². The lowest BCUT2D eigenvalue weighted by molar-refractivity contribution is 0.102. The van der Waals surface area contributed by atoms with Crippen LogP contribution in [0.3, 0.4) is 0 Å². The number of hydrogen-bond donors (Lipinski definition) is 2. The third kappa shape index (κ3) is 4.96. The number of carbonyl (C=O) groups is 1. The van der Waals surface area contributed by atoms with Gasteiger partial charge in [0.1, 0.15) is 23.1 Å². The number of nitrogens with one attached hydrogen (secondary N) is 2.